The quantitative estimate of drug-likeness (QED) is 0.742. The average molecular weight is 342 g/mol. The Balaban J connectivity index is 2.51. The van der Waals surface area contributed by atoms with Crippen molar-refractivity contribution in [3.63, 3.8) is 0 Å². The van der Waals surface area contributed by atoms with Gasteiger partial charge in [0.25, 0.3) is 0 Å². The second kappa shape index (κ2) is 8.28. The molecule has 0 radical (unpaired) electrons. The molecule has 1 aromatic heterocycles. The molecular formula is C19H22N2O4. The van der Waals surface area contributed by atoms with E-state index < -0.39 is 11.8 Å². The van der Waals surface area contributed by atoms with Crippen molar-refractivity contribution in [2.45, 2.75) is 20.8 Å². The third-order valence-corrected chi connectivity index (χ3v) is 3.89. The van der Waals surface area contributed by atoms with E-state index in [1.54, 1.807) is 12.1 Å². The van der Waals surface area contributed by atoms with Crippen LogP contribution >= 0.6 is 0 Å². The van der Waals surface area contributed by atoms with Gasteiger partial charge in [-0.25, -0.2) is 9.78 Å². The van der Waals surface area contributed by atoms with Gasteiger partial charge in [0.05, 0.1) is 17.7 Å². The second-order valence-corrected chi connectivity index (χ2v) is 5.32. The molecule has 0 aliphatic carbocycles. The molecule has 0 unspecified atom stereocenters. The smallest absolute Gasteiger partial charge is 0.355 e. The van der Waals surface area contributed by atoms with Gasteiger partial charge in [-0.15, -0.1) is 0 Å². The fourth-order valence-corrected chi connectivity index (χ4v) is 2.66. The summed E-state index contributed by atoms with van der Waals surface area (Å²) in [5.41, 5.74) is 1.07. The third-order valence-electron chi connectivity index (χ3n) is 3.89. The fraction of sp³-hybridized carbons (Fsp3) is 0.316. The summed E-state index contributed by atoms with van der Waals surface area (Å²) in [6.45, 7) is 8.02. The Morgan fingerprint density at radius 2 is 1.84 bits per heavy atom. The number of ketones is 1. The standard InChI is InChI=1S/C19H22N2O4/c1-4-21(5-2)13-9-10-14(16(12-13)25-6-3)18(22)15-8-7-11-20-17(15)19(23)24/h7-12H,4-6H2,1-3H3,(H,23,24). The molecule has 2 aromatic rings. The highest BCUT2D eigenvalue weighted by Gasteiger charge is 2.22. The minimum Gasteiger partial charge on any atom is -0.493 e. The molecule has 0 spiro atoms. The summed E-state index contributed by atoms with van der Waals surface area (Å²) >= 11 is 0. The van der Waals surface area contributed by atoms with Gasteiger partial charge in [0.1, 0.15) is 5.75 Å². The normalized spacial score (nSPS) is 10.4. The number of nitrogens with zero attached hydrogens (tertiary/aromatic N) is 2. The van der Waals surface area contributed by atoms with Gasteiger partial charge in [-0.2, -0.15) is 0 Å². The number of hydrogen-bond donors (Lipinski definition) is 1. The zero-order valence-electron chi connectivity index (χ0n) is 14.7. The summed E-state index contributed by atoms with van der Waals surface area (Å²) in [7, 11) is 0. The minimum absolute atomic E-state index is 0.0477. The Kier molecular flexibility index (Phi) is 6.11. The number of ether oxygens (including phenoxy) is 1. The molecule has 6 nitrogen and oxygen atoms in total. The molecule has 0 aliphatic rings. The highest BCUT2D eigenvalue weighted by atomic mass is 16.5. The van der Waals surface area contributed by atoms with Gasteiger partial charge in [0, 0.05) is 31.0 Å². The lowest BCUT2D eigenvalue weighted by atomic mass is 10.0. The molecule has 0 saturated heterocycles. The molecule has 6 heteroatoms. The highest BCUT2D eigenvalue weighted by Crippen LogP contribution is 2.28. The SMILES string of the molecule is CCOc1cc(N(CC)CC)ccc1C(=O)c1cccnc1C(=O)O. The predicted octanol–water partition coefficient (Wildman–Crippen LogP) is 3.26. The van der Waals surface area contributed by atoms with Gasteiger partial charge in [-0.1, -0.05) is 0 Å². The number of hydrogen-bond acceptors (Lipinski definition) is 5. The lowest BCUT2D eigenvalue weighted by Crippen LogP contribution is -2.22. The van der Waals surface area contributed by atoms with E-state index in [2.05, 4.69) is 23.7 Å². The first-order valence-electron chi connectivity index (χ1n) is 8.28. The molecule has 0 fully saturated rings. The molecular weight excluding hydrogens is 320 g/mol. The van der Waals surface area contributed by atoms with Gasteiger partial charge in [0.2, 0.25) is 0 Å². The maximum atomic E-state index is 12.9. The maximum absolute atomic E-state index is 12.9. The number of aromatic nitrogens is 1. The Morgan fingerprint density at radius 3 is 2.44 bits per heavy atom. The van der Waals surface area contributed by atoms with Crippen molar-refractivity contribution >= 4 is 17.4 Å². The summed E-state index contributed by atoms with van der Waals surface area (Å²) in [4.78, 5) is 30.2. The molecule has 25 heavy (non-hydrogen) atoms. The summed E-state index contributed by atoms with van der Waals surface area (Å²) < 4.78 is 5.64. The van der Waals surface area contributed by atoms with Crippen LogP contribution in [0.4, 0.5) is 5.69 Å². The van der Waals surface area contributed by atoms with Crippen molar-refractivity contribution in [1.82, 2.24) is 4.98 Å². The molecule has 132 valence electrons. The molecule has 2 rings (SSSR count). The Morgan fingerprint density at radius 1 is 1.12 bits per heavy atom. The van der Waals surface area contributed by atoms with Crippen LogP contribution in [0.1, 0.15) is 47.2 Å². The van der Waals surface area contributed by atoms with Gasteiger partial charge in [-0.05, 0) is 45.0 Å². The summed E-state index contributed by atoms with van der Waals surface area (Å²) in [6.07, 6.45) is 1.35. The molecule has 0 aliphatic heterocycles. The van der Waals surface area contributed by atoms with Gasteiger partial charge >= 0.3 is 5.97 Å². The minimum atomic E-state index is -1.23. The highest BCUT2D eigenvalue weighted by molar-refractivity contribution is 6.15. The van der Waals surface area contributed by atoms with Crippen LogP contribution < -0.4 is 9.64 Å². The molecule has 0 bridgehead atoms. The Hall–Kier alpha value is -2.89. The largest absolute Gasteiger partial charge is 0.493 e. The average Bonchev–Trinajstić information content (AvgIpc) is 2.62. The Labute approximate surface area is 147 Å². The molecule has 1 heterocycles. The molecule has 0 atom stereocenters. The van der Waals surface area contributed by atoms with Crippen LogP contribution in [0.15, 0.2) is 36.5 Å². The van der Waals surface area contributed by atoms with Gasteiger partial charge in [0.15, 0.2) is 11.5 Å². The number of rotatable bonds is 8. The van der Waals surface area contributed by atoms with Crippen molar-refractivity contribution < 1.29 is 19.4 Å². The molecule has 0 saturated carbocycles. The second-order valence-electron chi connectivity index (χ2n) is 5.32. The fourth-order valence-electron chi connectivity index (χ4n) is 2.66. The molecule has 1 aromatic carbocycles. The van der Waals surface area contributed by atoms with Gasteiger partial charge < -0.3 is 14.7 Å². The van der Waals surface area contributed by atoms with Crippen molar-refractivity contribution in [2.75, 3.05) is 24.6 Å². The van der Waals surface area contributed by atoms with E-state index >= 15 is 0 Å². The monoisotopic (exact) mass is 342 g/mol. The van der Waals surface area contributed by atoms with Crippen LogP contribution in [0.3, 0.4) is 0 Å². The van der Waals surface area contributed by atoms with Crippen molar-refractivity contribution in [2.24, 2.45) is 0 Å². The molecule has 0 amide bonds. The number of carboxylic acids is 1. The van der Waals surface area contributed by atoms with E-state index in [1.807, 2.05) is 19.1 Å². The van der Waals surface area contributed by atoms with Crippen LogP contribution in [0.5, 0.6) is 5.75 Å². The van der Waals surface area contributed by atoms with Crippen LogP contribution in [0, 0.1) is 0 Å². The number of carbonyl (C=O) groups excluding carboxylic acids is 1. The van der Waals surface area contributed by atoms with Crippen LogP contribution in [0.25, 0.3) is 0 Å². The lowest BCUT2D eigenvalue weighted by Gasteiger charge is -2.22. The van der Waals surface area contributed by atoms with Crippen molar-refractivity contribution in [3.05, 3.63) is 53.3 Å². The first kappa shape index (κ1) is 18.4. The Bertz CT molecular complexity index is 770. The van der Waals surface area contributed by atoms with E-state index in [1.165, 1.54) is 12.3 Å². The van der Waals surface area contributed by atoms with E-state index in [0.29, 0.717) is 17.9 Å². The van der Waals surface area contributed by atoms with Gasteiger partial charge in [-0.3, -0.25) is 4.79 Å². The summed E-state index contributed by atoms with van der Waals surface area (Å²) in [5.74, 6) is -1.21. The zero-order valence-corrected chi connectivity index (χ0v) is 14.7. The topological polar surface area (TPSA) is 79.7 Å². The van der Waals surface area contributed by atoms with E-state index in [-0.39, 0.29) is 11.3 Å². The number of benzene rings is 1. The summed E-state index contributed by atoms with van der Waals surface area (Å²) in [5, 5.41) is 9.26. The van der Waals surface area contributed by atoms with Crippen LogP contribution in [0.2, 0.25) is 0 Å². The van der Waals surface area contributed by atoms with E-state index in [0.717, 1.165) is 18.8 Å². The number of carboxylic acid groups (broad SMARTS) is 1. The predicted molar refractivity (Wildman–Crippen MR) is 95.8 cm³/mol. The van der Waals surface area contributed by atoms with E-state index in [9.17, 15) is 14.7 Å². The van der Waals surface area contributed by atoms with Crippen molar-refractivity contribution in [3.8, 4) is 5.75 Å². The zero-order chi connectivity index (χ0) is 18.4. The number of pyridine rings is 1. The first-order valence-corrected chi connectivity index (χ1v) is 8.28. The van der Waals surface area contributed by atoms with Crippen molar-refractivity contribution in [1.29, 1.82) is 0 Å². The maximum Gasteiger partial charge on any atom is 0.355 e. The number of aromatic carboxylic acids is 1. The van der Waals surface area contributed by atoms with Crippen LogP contribution in [-0.4, -0.2) is 41.5 Å². The first-order chi connectivity index (χ1) is 12.0. The number of anilines is 1. The lowest BCUT2D eigenvalue weighted by molar-refractivity contribution is 0.0686. The molecule has 1 N–H and O–H groups in total. The van der Waals surface area contributed by atoms with Crippen LogP contribution in [-0.2, 0) is 0 Å². The summed E-state index contributed by atoms with van der Waals surface area (Å²) in [6, 6.07) is 8.36. The third kappa shape index (κ3) is 3.96. The van der Waals surface area contributed by atoms with E-state index in [4.69, 9.17) is 4.74 Å². The number of carbonyl (C=O) groups is 2.